The number of nitrogens with zero attached hydrogens (tertiary/aromatic N) is 2. The van der Waals surface area contributed by atoms with Crippen LogP contribution in [0.15, 0.2) is 48.8 Å². The lowest BCUT2D eigenvalue weighted by Crippen LogP contribution is -1.96. The molecule has 0 saturated carbocycles. The van der Waals surface area contributed by atoms with Gasteiger partial charge in [-0.3, -0.25) is 0 Å². The van der Waals surface area contributed by atoms with E-state index in [9.17, 15) is 0 Å². The van der Waals surface area contributed by atoms with E-state index in [4.69, 9.17) is 4.74 Å². The Morgan fingerprint density at radius 3 is 2.70 bits per heavy atom. The minimum atomic E-state index is 0.472. The molecule has 20 heavy (non-hydrogen) atoms. The van der Waals surface area contributed by atoms with Crippen molar-refractivity contribution in [3.05, 3.63) is 60.0 Å². The molecule has 2 heterocycles. The summed E-state index contributed by atoms with van der Waals surface area (Å²) in [6, 6.07) is 12.0. The minimum absolute atomic E-state index is 0.472. The first kappa shape index (κ1) is 12.5. The molecule has 3 rings (SSSR count). The molecule has 102 valence electrons. The maximum atomic E-state index is 5.76. The van der Waals surface area contributed by atoms with Crippen LogP contribution in [-0.4, -0.2) is 16.4 Å². The van der Waals surface area contributed by atoms with E-state index >= 15 is 0 Å². The molecule has 0 spiro atoms. The van der Waals surface area contributed by atoms with Crippen LogP contribution in [0.25, 0.3) is 5.65 Å². The standard InChI is InChI=1S/C16H17N3O/c1-12-4-3-9-19-10-14(18-16(12)19)11-20-15-7-5-13(17-2)6-8-15/h3-10,17H,11H2,1-2H3. The van der Waals surface area contributed by atoms with Gasteiger partial charge < -0.3 is 14.5 Å². The highest BCUT2D eigenvalue weighted by atomic mass is 16.5. The topological polar surface area (TPSA) is 38.6 Å². The monoisotopic (exact) mass is 267 g/mol. The Morgan fingerprint density at radius 2 is 2.00 bits per heavy atom. The van der Waals surface area contributed by atoms with Crippen LogP contribution in [0, 0.1) is 6.92 Å². The normalized spacial score (nSPS) is 10.7. The minimum Gasteiger partial charge on any atom is -0.487 e. The van der Waals surface area contributed by atoms with Gasteiger partial charge in [0.1, 0.15) is 18.0 Å². The fraction of sp³-hybridized carbons (Fsp3) is 0.188. The Kier molecular flexibility index (Phi) is 3.29. The molecule has 0 amide bonds. The van der Waals surface area contributed by atoms with Crippen LogP contribution in [0.3, 0.4) is 0 Å². The van der Waals surface area contributed by atoms with Crippen molar-refractivity contribution in [3.63, 3.8) is 0 Å². The number of benzene rings is 1. The number of rotatable bonds is 4. The van der Waals surface area contributed by atoms with Crippen LogP contribution in [-0.2, 0) is 6.61 Å². The Morgan fingerprint density at radius 1 is 1.20 bits per heavy atom. The molecule has 2 aromatic heterocycles. The lowest BCUT2D eigenvalue weighted by atomic mass is 10.3. The van der Waals surface area contributed by atoms with Gasteiger partial charge in [0, 0.05) is 25.1 Å². The van der Waals surface area contributed by atoms with Gasteiger partial charge in [-0.25, -0.2) is 4.98 Å². The zero-order valence-electron chi connectivity index (χ0n) is 11.6. The van der Waals surface area contributed by atoms with Crippen molar-refractivity contribution in [2.75, 3.05) is 12.4 Å². The molecule has 0 atom stereocenters. The van der Waals surface area contributed by atoms with Gasteiger partial charge in [-0.15, -0.1) is 0 Å². The van der Waals surface area contributed by atoms with Crippen molar-refractivity contribution in [2.45, 2.75) is 13.5 Å². The SMILES string of the molecule is CNc1ccc(OCc2cn3cccc(C)c3n2)cc1. The van der Waals surface area contributed by atoms with E-state index in [1.54, 1.807) is 0 Å². The predicted molar refractivity (Wildman–Crippen MR) is 80.2 cm³/mol. The lowest BCUT2D eigenvalue weighted by Gasteiger charge is -2.05. The van der Waals surface area contributed by atoms with Crippen LogP contribution in [0.2, 0.25) is 0 Å². The van der Waals surface area contributed by atoms with Gasteiger partial charge in [0.2, 0.25) is 0 Å². The highest BCUT2D eigenvalue weighted by Gasteiger charge is 2.04. The number of nitrogens with one attached hydrogen (secondary N) is 1. The molecule has 0 bridgehead atoms. The summed E-state index contributed by atoms with van der Waals surface area (Å²) in [5.74, 6) is 0.845. The molecular formula is C16H17N3O. The van der Waals surface area contributed by atoms with Gasteiger partial charge in [-0.2, -0.15) is 0 Å². The summed E-state index contributed by atoms with van der Waals surface area (Å²) in [6.07, 6.45) is 4.00. The first-order chi connectivity index (χ1) is 9.76. The number of pyridine rings is 1. The average Bonchev–Trinajstić information content (AvgIpc) is 2.90. The van der Waals surface area contributed by atoms with Crippen molar-refractivity contribution in [3.8, 4) is 5.75 Å². The molecular weight excluding hydrogens is 250 g/mol. The summed E-state index contributed by atoms with van der Waals surface area (Å²) in [5, 5.41) is 3.08. The molecule has 3 aromatic rings. The first-order valence-electron chi connectivity index (χ1n) is 6.60. The van der Waals surface area contributed by atoms with Crippen LogP contribution >= 0.6 is 0 Å². The van der Waals surface area contributed by atoms with Crippen LogP contribution < -0.4 is 10.1 Å². The summed E-state index contributed by atoms with van der Waals surface area (Å²) in [5.41, 5.74) is 4.14. The van der Waals surface area contributed by atoms with Gasteiger partial charge in [0.25, 0.3) is 0 Å². The number of fused-ring (bicyclic) bond motifs is 1. The summed E-state index contributed by atoms with van der Waals surface area (Å²) in [6.45, 7) is 2.53. The third kappa shape index (κ3) is 2.45. The Bertz CT molecular complexity index is 716. The largest absolute Gasteiger partial charge is 0.487 e. The zero-order valence-corrected chi connectivity index (χ0v) is 11.6. The quantitative estimate of drug-likeness (QED) is 0.788. The number of aromatic nitrogens is 2. The maximum Gasteiger partial charge on any atom is 0.140 e. The van der Waals surface area contributed by atoms with Crippen LogP contribution in [0.4, 0.5) is 5.69 Å². The summed E-state index contributed by atoms with van der Waals surface area (Å²) >= 11 is 0. The van der Waals surface area contributed by atoms with E-state index in [1.807, 2.05) is 54.2 Å². The highest BCUT2D eigenvalue weighted by Crippen LogP contribution is 2.17. The summed E-state index contributed by atoms with van der Waals surface area (Å²) < 4.78 is 7.78. The van der Waals surface area contributed by atoms with Gasteiger partial charge >= 0.3 is 0 Å². The maximum absolute atomic E-state index is 5.76. The number of ether oxygens (including phenoxy) is 1. The van der Waals surface area contributed by atoms with Gasteiger partial charge in [-0.1, -0.05) is 6.07 Å². The molecule has 0 saturated heterocycles. The number of hydrogen-bond donors (Lipinski definition) is 1. The molecule has 0 aliphatic rings. The van der Waals surface area contributed by atoms with Crippen molar-refractivity contribution in [1.29, 1.82) is 0 Å². The number of hydrogen-bond acceptors (Lipinski definition) is 3. The molecule has 1 aromatic carbocycles. The van der Waals surface area contributed by atoms with Crippen molar-refractivity contribution >= 4 is 11.3 Å². The average molecular weight is 267 g/mol. The van der Waals surface area contributed by atoms with Gasteiger partial charge in [0.05, 0.1) is 5.69 Å². The second kappa shape index (κ2) is 5.25. The number of imidazole rings is 1. The van der Waals surface area contributed by atoms with Crippen molar-refractivity contribution in [1.82, 2.24) is 9.38 Å². The second-order valence-electron chi connectivity index (χ2n) is 4.72. The molecule has 0 aliphatic heterocycles. The molecule has 0 fully saturated rings. The van der Waals surface area contributed by atoms with E-state index in [2.05, 4.69) is 23.3 Å². The van der Waals surface area contributed by atoms with Gasteiger partial charge in [0.15, 0.2) is 0 Å². The fourth-order valence-electron chi connectivity index (χ4n) is 2.15. The third-order valence-corrected chi connectivity index (χ3v) is 3.26. The Balaban J connectivity index is 1.74. The Labute approximate surface area is 118 Å². The lowest BCUT2D eigenvalue weighted by molar-refractivity contribution is 0.302. The van der Waals surface area contributed by atoms with E-state index < -0.39 is 0 Å². The van der Waals surface area contributed by atoms with Crippen molar-refractivity contribution < 1.29 is 4.74 Å². The highest BCUT2D eigenvalue weighted by molar-refractivity contribution is 5.48. The Hall–Kier alpha value is -2.49. The van der Waals surface area contributed by atoms with Crippen LogP contribution in [0.1, 0.15) is 11.3 Å². The number of anilines is 1. The molecule has 0 unspecified atom stereocenters. The van der Waals surface area contributed by atoms with E-state index in [1.165, 1.54) is 0 Å². The second-order valence-corrected chi connectivity index (χ2v) is 4.72. The summed E-state index contributed by atoms with van der Waals surface area (Å²) in [4.78, 5) is 4.59. The van der Waals surface area contributed by atoms with Crippen molar-refractivity contribution in [2.24, 2.45) is 0 Å². The zero-order chi connectivity index (χ0) is 13.9. The molecule has 0 aliphatic carbocycles. The van der Waals surface area contributed by atoms with E-state index in [-0.39, 0.29) is 0 Å². The van der Waals surface area contributed by atoms with Gasteiger partial charge in [-0.05, 0) is 42.8 Å². The molecule has 0 radical (unpaired) electrons. The first-order valence-corrected chi connectivity index (χ1v) is 6.60. The van der Waals surface area contributed by atoms with Crippen LogP contribution in [0.5, 0.6) is 5.75 Å². The fourth-order valence-corrected chi connectivity index (χ4v) is 2.15. The predicted octanol–water partition coefficient (Wildman–Crippen LogP) is 3.26. The molecule has 4 nitrogen and oxygen atoms in total. The smallest absolute Gasteiger partial charge is 0.140 e. The third-order valence-electron chi connectivity index (χ3n) is 3.26. The number of aryl methyl sites for hydroxylation is 1. The van der Waals surface area contributed by atoms with E-state index in [0.29, 0.717) is 6.61 Å². The molecule has 1 N–H and O–H groups in total. The molecule has 4 heteroatoms. The summed E-state index contributed by atoms with van der Waals surface area (Å²) in [7, 11) is 1.90. The van der Waals surface area contributed by atoms with E-state index in [0.717, 1.165) is 28.3 Å².